The molecule has 28 heavy (non-hydrogen) atoms. The average molecular weight is 381 g/mol. The van der Waals surface area contributed by atoms with E-state index in [0.717, 1.165) is 36.3 Å². The molecule has 0 spiro atoms. The number of hydrogen-bond acceptors (Lipinski definition) is 5. The minimum Gasteiger partial charge on any atom is -0.497 e. The van der Waals surface area contributed by atoms with Crippen molar-refractivity contribution in [2.75, 3.05) is 14.2 Å². The topological polar surface area (TPSA) is 96.3 Å². The van der Waals surface area contributed by atoms with E-state index in [4.69, 9.17) is 9.26 Å². The maximum atomic E-state index is 12.4. The SMILES string of the molecule is COc1cccc(-c2cc(CNC(=O)N(C)Cc3n[nH]c4c3CCC4)on2)c1. The first-order valence-corrected chi connectivity index (χ1v) is 9.28. The summed E-state index contributed by atoms with van der Waals surface area (Å²) >= 11 is 0. The molecule has 2 N–H and O–H groups in total. The number of ether oxygens (including phenoxy) is 1. The number of nitrogens with zero attached hydrogens (tertiary/aromatic N) is 3. The Labute approximate surface area is 162 Å². The Morgan fingerprint density at radius 3 is 3.11 bits per heavy atom. The van der Waals surface area contributed by atoms with E-state index in [-0.39, 0.29) is 12.6 Å². The Balaban J connectivity index is 1.34. The first-order valence-electron chi connectivity index (χ1n) is 9.28. The van der Waals surface area contributed by atoms with Crippen LogP contribution < -0.4 is 10.1 Å². The summed E-state index contributed by atoms with van der Waals surface area (Å²) in [6.07, 6.45) is 3.22. The van der Waals surface area contributed by atoms with Gasteiger partial charge in [0.15, 0.2) is 5.76 Å². The van der Waals surface area contributed by atoms with Crippen molar-refractivity contribution in [1.29, 1.82) is 0 Å². The molecule has 0 radical (unpaired) electrons. The van der Waals surface area contributed by atoms with Crippen LogP contribution >= 0.6 is 0 Å². The van der Waals surface area contributed by atoms with Crippen LogP contribution in [0.1, 0.15) is 29.1 Å². The molecule has 2 aromatic heterocycles. The molecule has 8 nitrogen and oxygen atoms in total. The molecule has 0 fully saturated rings. The van der Waals surface area contributed by atoms with Crippen molar-refractivity contribution >= 4 is 6.03 Å². The summed E-state index contributed by atoms with van der Waals surface area (Å²) < 4.78 is 10.6. The molecule has 0 saturated carbocycles. The van der Waals surface area contributed by atoms with E-state index in [0.29, 0.717) is 18.0 Å². The number of nitrogens with one attached hydrogen (secondary N) is 2. The normalized spacial score (nSPS) is 12.6. The van der Waals surface area contributed by atoms with Gasteiger partial charge < -0.3 is 19.5 Å². The molecule has 4 rings (SSSR count). The van der Waals surface area contributed by atoms with Crippen molar-refractivity contribution in [3.05, 3.63) is 53.0 Å². The van der Waals surface area contributed by atoms with Gasteiger partial charge in [-0.05, 0) is 37.0 Å². The number of fused-ring (bicyclic) bond motifs is 1. The Morgan fingerprint density at radius 1 is 1.36 bits per heavy atom. The average Bonchev–Trinajstić information content (AvgIpc) is 3.44. The van der Waals surface area contributed by atoms with Gasteiger partial charge in [-0.25, -0.2) is 4.79 Å². The number of carbonyl (C=O) groups excluding carboxylic acids is 1. The van der Waals surface area contributed by atoms with Crippen molar-refractivity contribution in [3.8, 4) is 17.0 Å². The van der Waals surface area contributed by atoms with Crippen molar-refractivity contribution in [3.63, 3.8) is 0 Å². The first kappa shape index (κ1) is 18.1. The second kappa shape index (κ2) is 7.75. The number of aromatic nitrogens is 3. The van der Waals surface area contributed by atoms with Crippen LogP contribution in [0, 0.1) is 0 Å². The Bertz CT molecular complexity index is 978. The molecule has 2 heterocycles. The van der Waals surface area contributed by atoms with Crippen LogP contribution in [0.5, 0.6) is 5.75 Å². The third-order valence-electron chi connectivity index (χ3n) is 4.96. The maximum Gasteiger partial charge on any atom is 0.317 e. The van der Waals surface area contributed by atoms with Crippen molar-refractivity contribution < 1.29 is 14.1 Å². The van der Waals surface area contributed by atoms with Crippen molar-refractivity contribution in [2.45, 2.75) is 32.4 Å². The summed E-state index contributed by atoms with van der Waals surface area (Å²) in [7, 11) is 3.38. The molecule has 0 saturated heterocycles. The summed E-state index contributed by atoms with van der Waals surface area (Å²) in [4.78, 5) is 14.0. The van der Waals surface area contributed by atoms with E-state index >= 15 is 0 Å². The van der Waals surface area contributed by atoms with Gasteiger partial charge >= 0.3 is 6.03 Å². The van der Waals surface area contributed by atoms with E-state index in [1.165, 1.54) is 11.3 Å². The molecular weight excluding hydrogens is 358 g/mol. The predicted octanol–water partition coefficient (Wildman–Crippen LogP) is 2.90. The number of benzene rings is 1. The highest BCUT2D eigenvalue weighted by Crippen LogP contribution is 2.24. The van der Waals surface area contributed by atoms with Gasteiger partial charge in [-0.1, -0.05) is 17.3 Å². The van der Waals surface area contributed by atoms with E-state index in [9.17, 15) is 4.79 Å². The van der Waals surface area contributed by atoms with Crippen LogP contribution in [0.15, 0.2) is 34.9 Å². The van der Waals surface area contributed by atoms with Gasteiger partial charge in [0.25, 0.3) is 0 Å². The third kappa shape index (κ3) is 3.71. The van der Waals surface area contributed by atoms with Crippen LogP contribution in [0.3, 0.4) is 0 Å². The van der Waals surface area contributed by atoms with Crippen molar-refractivity contribution in [2.24, 2.45) is 0 Å². The summed E-state index contributed by atoms with van der Waals surface area (Å²) in [5, 5.41) is 14.4. The molecule has 1 aliphatic carbocycles. The summed E-state index contributed by atoms with van der Waals surface area (Å²) in [5.74, 6) is 1.34. The lowest BCUT2D eigenvalue weighted by Gasteiger charge is -2.16. The number of rotatable bonds is 6. The molecule has 1 aromatic carbocycles. The number of methoxy groups -OCH3 is 1. The predicted molar refractivity (Wildman–Crippen MR) is 103 cm³/mol. The number of aromatic amines is 1. The zero-order valence-corrected chi connectivity index (χ0v) is 16.0. The Kier molecular flexibility index (Phi) is 5.01. The molecule has 0 unspecified atom stereocenters. The molecule has 1 aliphatic rings. The highest BCUT2D eigenvalue weighted by Gasteiger charge is 2.20. The number of aryl methyl sites for hydroxylation is 1. The lowest BCUT2D eigenvalue weighted by Crippen LogP contribution is -2.36. The minimum absolute atomic E-state index is 0.186. The molecular formula is C20H23N5O3. The maximum absolute atomic E-state index is 12.4. The van der Waals surface area contributed by atoms with Gasteiger partial charge in [0.05, 0.1) is 25.9 Å². The fourth-order valence-corrected chi connectivity index (χ4v) is 3.43. The third-order valence-corrected chi connectivity index (χ3v) is 4.96. The monoisotopic (exact) mass is 381 g/mol. The molecule has 0 atom stereocenters. The van der Waals surface area contributed by atoms with Gasteiger partial charge in [-0.15, -0.1) is 0 Å². The summed E-state index contributed by atoms with van der Waals surface area (Å²) in [5.41, 5.74) is 5.01. The second-order valence-electron chi connectivity index (χ2n) is 6.91. The zero-order valence-electron chi connectivity index (χ0n) is 16.0. The van der Waals surface area contributed by atoms with E-state index in [1.54, 1.807) is 19.1 Å². The van der Waals surface area contributed by atoms with Gasteiger partial charge in [0.1, 0.15) is 11.4 Å². The fourth-order valence-electron chi connectivity index (χ4n) is 3.43. The van der Waals surface area contributed by atoms with E-state index < -0.39 is 0 Å². The fraction of sp³-hybridized carbons (Fsp3) is 0.350. The number of hydrogen-bond donors (Lipinski definition) is 2. The second-order valence-corrected chi connectivity index (χ2v) is 6.91. The molecule has 3 aromatic rings. The van der Waals surface area contributed by atoms with Crippen LogP contribution in [0.25, 0.3) is 11.3 Å². The summed E-state index contributed by atoms with van der Waals surface area (Å²) in [6.45, 7) is 0.738. The molecule has 146 valence electrons. The first-order chi connectivity index (χ1) is 13.6. The molecule has 8 heteroatoms. The van der Waals surface area contributed by atoms with E-state index in [2.05, 4.69) is 20.7 Å². The largest absolute Gasteiger partial charge is 0.497 e. The lowest BCUT2D eigenvalue weighted by atomic mass is 10.1. The van der Waals surface area contributed by atoms with Crippen LogP contribution in [0.4, 0.5) is 4.79 Å². The highest BCUT2D eigenvalue weighted by atomic mass is 16.5. The number of carbonyl (C=O) groups is 1. The van der Waals surface area contributed by atoms with Gasteiger partial charge in [0, 0.05) is 24.4 Å². The highest BCUT2D eigenvalue weighted by molar-refractivity contribution is 5.73. The van der Waals surface area contributed by atoms with Crippen LogP contribution in [0.2, 0.25) is 0 Å². The number of amides is 2. The van der Waals surface area contributed by atoms with E-state index in [1.807, 2.05) is 30.3 Å². The Morgan fingerprint density at radius 2 is 2.25 bits per heavy atom. The number of H-pyrrole nitrogens is 1. The number of urea groups is 1. The van der Waals surface area contributed by atoms with Crippen LogP contribution in [-0.2, 0) is 25.9 Å². The van der Waals surface area contributed by atoms with Gasteiger partial charge in [-0.3, -0.25) is 5.10 Å². The molecule has 2 amide bonds. The quantitative estimate of drug-likeness (QED) is 0.684. The smallest absolute Gasteiger partial charge is 0.317 e. The molecule has 0 bridgehead atoms. The lowest BCUT2D eigenvalue weighted by molar-refractivity contribution is 0.204. The van der Waals surface area contributed by atoms with Crippen molar-refractivity contribution in [1.82, 2.24) is 25.6 Å². The minimum atomic E-state index is -0.186. The van der Waals surface area contributed by atoms with Crippen LogP contribution in [-0.4, -0.2) is 40.4 Å². The zero-order chi connectivity index (χ0) is 19.5. The summed E-state index contributed by atoms with van der Waals surface area (Å²) in [6, 6.07) is 9.21. The standard InChI is InChI=1S/C20H23N5O3/c1-25(12-19-16-7-4-8-17(16)22-23-19)20(26)21-11-15-10-18(24-28-15)13-5-3-6-14(9-13)27-2/h3,5-6,9-10H,4,7-8,11-12H2,1-2H3,(H,21,26)(H,22,23). The van der Waals surface area contributed by atoms with Gasteiger partial charge in [0.2, 0.25) is 0 Å². The molecule has 0 aliphatic heterocycles. The van der Waals surface area contributed by atoms with Gasteiger partial charge in [-0.2, -0.15) is 5.10 Å². The Hall–Kier alpha value is -3.29.